The molecule has 0 aliphatic rings. The number of hydrogen-bond acceptors (Lipinski definition) is 5. The highest BCUT2D eigenvalue weighted by atomic mass is 32.1. The van der Waals surface area contributed by atoms with E-state index in [1.165, 1.54) is 16.9 Å². The minimum atomic E-state index is -0.454. The number of benzene rings is 2. The quantitative estimate of drug-likeness (QED) is 0.530. The molecule has 0 saturated carbocycles. The summed E-state index contributed by atoms with van der Waals surface area (Å²) in [6.07, 6.45) is 0.941. The van der Waals surface area contributed by atoms with Crippen LogP contribution in [-0.4, -0.2) is 25.6 Å². The molecule has 1 aromatic heterocycles. The van der Waals surface area contributed by atoms with E-state index in [9.17, 15) is 9.59 Å². The van der Waals surface area contributed by atoms with Crippen LogP contribution in [0.25, 0.3) is 11.1 Å². The van der Waals surface area contributed by atoms with E-state index in [4.69, 9.17) is 9.47 Å². The lowest BCUT2D eigenvalue weighted by Gasteiger charge is -2.10. The molecule has 0 bridgehead atoms. The maximum atomic E-state index is 12.7. The van der Waals surface area contributed by atoms with E-state index < -0.39 is 5.97 Å². The molecule has 0 fully saturated rings. The van der Waals surface area contributed by atoms with Crippen LogP contribution in [0.3, 0.4) is 0 Å². The highest BCUT2D eigenvalue weighted by molar-refractivity contribution is 7.15. The highest BCUT2D eigenvalue weighted by Crippen LogP contribution is 2.36. The molecular formula is C23H23NO4S. The lowest BCUT2D eigenvalue weighted by Crippen LogP contribution is -2.14. The summed E-state index contributed by atoms with van der Waals surface area (Å²) in [5.74, 6) is -0.181. The number of ether oxygens (including phenoxy) is 2. The fraction of sp³-hybridized carbons (Fsp3) is 0.217. The first-order chi connectivity index (χ1) is 14.1. The second kappa shape index (κ2) is 9.39. The molecule has 150 valence electrons. The standard InChI is InChI=1S/C23H23NO4S/c1-4-15-9-11-16(12-10-15)19-14-29-22(20(19)23(26)28-5-2)24-21(25)17-7-6-8-18(13-17)27-3/h6-14H,4-5H2,1-3H3,(H,24,25). The summed E-state index contributed by atoms with van der Waals surface area (Å²) in [7, 11) is 1.55. The molecule has 1 N–H and O–H groups in total. The maximum Gasteiger partial charge on any atom is 0.341 e. The van der Waals surface area contributed by atoms with Gasteiger partial charge in [0.15, 0.2) is 0 Å². The fourth-order valence-electron chi connectivity index (χ4n) is 2.93. The first-order valence-corrected chi connectivity index (χ1v) is 10.3. The van der Waals surface area contributed by atoms with E-state index in [0.29, 0.717) is 21.9 Å². The largest absolute Gasteiger partial charge is 0.497 e. The molecule has 0 unspecified atom stereocenters. The molecule has 0 aliphatic heterocycles. The van der Waals surface area contributed by atoms with Gasteiger partial charge < -0.3 is 14.8 Å². The Morgan fingerprint density at radius 2 is 1.83 bits per heavy atom. The van der Waals surface area contributed by atoms with Gasteiger partial charge in [0, 0.05) is 16.5 Å². The molecule has 1 amide bonds. The summed E-state index contributed by atoms with van der Waals surface area (Å²) in [5.41, 5.74) is 3.69. The van der Waals surface area contributed by atoms with E-state index in [0.717, 1.165) is 17.5 Å². The van der Waals surface area contributed by atoms with Gasteiger partial charge in [-0.15, -0.1) is 11.3 Å². The average Bonchev–Trinajstić information content (AvgIpc) is 3.17. The number of hydrogen-bond donors (Lipinski definition) is 1. The van der Waals surface area contributed by atoms with Crippen molar-refractivity contribution in [1.82, 2.24) is 0 Å². The van der Waals surface area contributed by atoms with Crippen LogP contribution in [0.1, 0.15) is 40.1 Å². The molecular weight excluding hydrogens is 386 g/mol. The van der Waals surface area contributed by atoms with Crippen LogP contribution in [0, 0.1) is 0 Å². The molecule has 0 saturated heterocycles. The minimum Gasteiger partial charge on any atom is -0.497 e. The van der Waals surface area contributed by atoms with Gasteiger partial charge in [0.1, 0.15) is 16.3 Å². The average molecular weight is 410 g/mol. The van der Waals surface area contributed by atoms with Crippen molar-refractivity contribution in [3.63, 3.8) is 0 Å². The number of thiophene rings is 1. The van der Waals surface area contributed by atoms with Crippen molar-refractivity contribution < 1.29 is 19.1 Å². The number of carbonyl (C=O) groups is 2. The van der Waals surface area contributed by atoms with Crippen molar-refractivity contribution in [1.29, 1.82) is 0 Å². The summed E-state index contributed by atoms with van der Waals surface area (Å²) in [6.45, 7) is 4.11. The Balaban J connectivity index is 1.96. The third kappa shape index (κ3) is 4.66. The van der Waals surface area contributed by atoms with Gasteiger partial charge in [0.05, 0.1) is 13.7 Å². The fourth-order valence-corrected chi connectivity index (χ4v) is 3.88. The Morgan fingerprint density at radius 1 is 1.07 bits per heavy atom. The van der Waals surface area contributed by atoms with Crippen LogP contribution < -0.4 is 10.1 Å². The third-order valence-corrected chi connectivity index (χ3v) is 5.40. The van der Waals surface area contributed by atoms with Gasteiger partial charge in [0.25, 0.3) is 5.91 Å². The number of amides is 1. The van der Waals surface area contributed by atoms with E-state index >= 15 is 0 Å². The van der Waals surface area contributed by atoms with E-state index in [-0.39, 0.29) is 12.5 Å². The number of nitrogens with one attached hydrogen (secondary N) is 1. The van der Waals surface area contributed by atoms with Crippen molar-refractivity contribution >= 4 is 28.2 Å². The molecule has 1 heterocycles. The lowest BCUT2D eigenvalue weighted by atomic mass is 10.0. The number of rotatable bonds is 7. The number of carbonyl (C=O) groups excluding carboxylic acids is 2. The topological polar surface area (TPSA) is 64.6 Å². The van der Waals surface area contributed by atoms with Crippen LogP contribution >= 0.6 is 11.3 Å². The highest BCUT2D eigenvalue weighted by Gasteiger charge is 2.23. The van der Waals surface area contributed by atoms with Crippen molar-refractivity contribution in [2.45, 2.75) is 20.3 Å². The summed E-state index contributed by atoms with van der Waals surface area (Å²) < 4.78 is 10.4. The third-order valence-electron chi connectivity index (χ3n) is 4.50. The second-order valence-corrected chi connectivity index (χ2v) is 7.19. The molecule has 0 radical (unpaired) electrons. The van der Waals surface area contributed by atoms with Gasteiger partial charge in [-0.25, -0.2) is 4.79 Å². The zero-order valence-electron chi connectivity index (χ0n) is 16.7. The zero-order valence-corrected chi connectivity index (χ0v) is 17.5. The van der Waals surface area contributed by atoms with Crippen LogP contribution in [-0.2, 0) is 11.2 Å². The number of aryl methyl sites for hydroxylation is 1. The molecule has 0 atom stereocenters. The number of anilines is 1. The van der Waals surface area contributed by atoms with Gasteiger partial charge >= 0.3 is 5.97 Å². The van der Waals surface area contributed by atoms with Crippen molar-refractivity contribution in [2.75, 3.05) is 19.0 Å². The van der Waals surface area contributed by atoms with Gasteiger partial charge in [0.2, 0.25) is 0 Å². The molecule has 5 nitrogen and oxygen atoms in total. The Hall–Kier alpha value is -3.12. The predicted octanol–water partition coefficient (Wildman–Crippen LogP) is 5.42. The Bertz CT molecular complexity index is 1010. The molecule has 6 heteroatoms. The molecule has 29 heavy (non-hydrogen) atoms. The molecule has 3 rings (SSSR count). The molecule has 2 aromatic carbocycles. The Kier molecular flexibility index (Phi) is 6.67. The molecule has 3 aromatic rings. The van der Waals surface area contributed by atoms with Crippen molar-refractivity contribution in [2.24, 2.45) is 0 Å². The predicted molar refractivity (Wildman–Crippen MR) is 116 cm³/mol. The first-order valence-electron chi connectivity index (χ1n) is 9.40. The van der Waals surface area contributed by atoms with Crippen LogP contribution in [0.5, 0.6) is 5.75 Å². The normalized spacial score (nSPS) is 10.4. The lowest BCUT2D eigenvalue weighted by molar-refractivity contribution is 0.0529. The smallest absolute Gasteiger partial charge is 0.341 e. The number of esters is 1. The number of methoxy groups -OCH3 is 1. The summed E-state index contributed by atoms with van der Waals surface area (Å²) in [5, 5.41) is 5.19. The Labute approximate surface area is 174 Å². The van der Waals surface area contributed by atoms with Gasteiger partial charge in [-0.1, -0.05) is 37.3 Å². The van der Waals surface area contributed by atoms with Crippen LogP contribution in [0.15, 0.2) is 53.9 Å². The van der Waals surface area contributed by atoms with Crippen LogP contribution in [0.2, 0.25) is 0 Å². The Morgan fingerprint density at radius 3 is 2.48 bits per heavy atom. The molecule has 0 aliphatic carbocycles. The summed E-state index contributed by atoms with van der Waals surface area (Å²) in [6, 6.07) is 14.9. The van der Waals surface area contributed by atoms with Crippen molar-refractivity contribution in [3.05, 3.63) is 70.6 Å². The van der Waals surface area contributed by atoms with Crippen molar-refractivity contribution in [3.8, 4) is 16.9 Å². The second-order valence-electron chi connectivity index (χ2n) is 6.31. The summed E-state index contributed by atoms with van der Waals surface area (Å²) in [4.78, 5) is 25.4. The zero-order chi connectivity index (χ0) is 20.8. The maximum absolute atomic E-state index is 12.7. The monoisotopic (exact) mass is 409 g/mol. The van der Waals surface area contributed by atoms with E-state index in [1.807, 2.05) is 29.6 Å². The van der Waals surface area contributed by atoms with Crippen LogP contribution in [0.4, 0.5) is 5.00 Å². The van der Waals surface area contributed by atoms with Gasteiger partial charge in [-0.2, -0.15) is 0 Å². The first kappa shape index (κ1) is 20.6. The van der Waals surface area contributed by atoms with Gasteiger partial charge in [-0.3, -0.25) is 4.79 Å². The van der Waals surface area contributed by atoms with E-state index in [2.05, 4.69) is 12.2 Å². The SMILES string of the molecule is CCOC(=O)c1c(-c2ccc(CC)cc2)csc1NC(=O)c1cccc(OC)c1. The van der Waals surface area contributed by atoms with Gasteiger partial charge in [-0.05, 0) is 42.7 Å². The summed E-state index contributed by atoms with van der Waals surface area (Å²) >= 11 is 1.30. The minimum absolute atomic E-state index is 0.256. The molecule has 0 spiro atoms. The van der Waals surface area contributed by atoms with E-state index in [1.54, 1.807) is 38.3 Å².